The van der Waals surface area contributed by atoms with Gasteiger partial charge in [-0.3, -0.25) is 14.2 Å². The third kappa shape index (κ3) is 3.56. The fraction of sp³-hybridized carbons (Fsp3) is 0.312. The first-order valence-corrected chi connectivity index (χ1v) is 6.94. The number of carbonyl (C=O) groups excluding carboxylic acids is 1. The van der Waals surface area contributed by atoms with Crippen molar-refractivity contribution >= 4 is 11.6 Å². The molecule has 0 aliphatic carbocycles. The van der Waals surface area contributed by atoms with Crippen molar-refractivity contribution in [2.24, 2.45) is 0 Å². The van der Waals surface area contributed by atoms with E-state index in [4.69, 9.17) is 0 Å². The minimum Gasteiger partial charge on any atom is -0.324 e. The molecule has 1 heterocycles. The van der Waals surface area contributed by atoms with Gasteiger partial charge in [0.25, 0.3) is 5.56 Å². The lowest BCUT2D eigenvalue weighted by Gasteiger charge is -2.12. The summed E-state index contributed by atoms with van der Waals surface area (Å²) >= 11 is 0. The molecule has 0 atom stereocenters. The van der Waals surface area contributed by atoms with E-state index in [1.165, 1.54) is 10.6 Å². The summed E-state index contributed by atoms with van der Waals surface area (Å²) in [6.45, 7) is 5.48. The topological polar surface area (TPSA) is 64.0 Å². The van der Waals surface area contributed by atoms with Crippen LogP contribution in [-0.4, -0.2) is 15.5 Å². The Balaban J connectivity index is 2.18. The Morgan fingerprint density at radius 1 is 1.29 bits per heavy atom. The van der Waals surface area contributed by atoms with E-state index in [2.05, 4.69) is 10.3 Å². The standard InChI is InChI=1S/C16H19N3O2/c1-4-13-7-5-6-8-14(13)18-15(20)10-19-12(3)17-11(2)9-16(19)21/h5-9H,4,10H2,1-3H3,(H,18,20). The molecule has 0 spiro atoms. The first-order valence-electron chi connectivity index (χ1n) is 6.94. The molecule has 0 aliphatic heterocycles. The van der Waals surface area contributed by atoms with Gasteiger partial charge >= 0.3 is 0 Å². The molecule has 0 unspecified atom stereocenters. The van der Waals surface area contributed by atoms with E-state index in [0.29, 0.717) is 11.5 Å². The number of rotatable bonds is 4. The summed E-state index contributed by atoms with van der Waals surface area (Å²) in [6, 6.07) is 9.08. The van der Waals surface area contributed by atoms with Gasteiger partial charge < -0.3 is 5.32 Å². The predicted octanol–water partition coefficient (Wildman–Crippen LogP) is 2.06. The molecular formula is C16H19N3O2. The molecule has 5 nitrogen and oxygen atoms in total. The van der Waals surface area contributed by atoms with E-state index in [0.717, 1.165) is 17.7 Å². The van der Waals surface area contributed by atoms with Gasteiger partial charge in [0.2, 0.25) is 5.91 Å². The Kier molecular flexibility index (Phi) is 4.52. The molecule has 0 bridgehead atoms. The Hall–Kier alpha value is -2.43. The minimum absolute atomic E-state index is 0.0318. The fourth-order valence-corrected chi connectivity index (χ4v) is 2.24. The van der Waals surface area contributed by atoms with Gasteiger partial charge in [0.05, 0.1) is 0 Å². The van der Waals surface area contributed by atoms with Crippen LogP contribution in [0, 0.1) is 13.8 Å². The van der Waals surface area contributed by atoms with E-state index in [1.54, 1.807) is 13.8 Å². The number of para-hydroxylation sites is 1. The van der Waals surface area contributed by atoms with Crippen LogP contribution in [0.15, 0.2) is 35.1 Å². The van der Waals surface area contributed by atoms with Crippen molar-refractivity contribution in [1.29, 1.82) is 0 Å². The lowest BCUT2D eigenvalue weighted by molar-refractivity contribution is -0.116. The van der Waals surface area contributed by atoms with E-state index in [1.807, 2.05) is 31.2 Å². The maximum absolute atomic E-state index is 12.1. The summed E-state index contributed by atoms with van der Waals surface area (Å²) in [5.41, 5.74) is 2.30. The van der Waals surface area contributed by atoms with Crippen molar-refractivity contribution in [1.82, 2.24) is 9.55 Å². The number of aryl methyl sites for hydroxylation is 3. The van der Waals surface area contributed by atoms with Gasteiger partial charge in [-0.2, -0.15) is 0 Å². The van der Waals surface area contributed by atoms with Crippen LogP contribution in [0.5, 0.6) is 0 Å². The Morgan fingerprint density at radius 2 is 2.00 bits per heavy atom. The van der Waals surface area contributed by atoms with E-state index in [-0.39, 0.29) is 18.0 Å². The average Bonchev–Trinajstić information content (AvgIpc) is 2.43. The number of anilines is 1. The highest BCUT2D eigenvalue weighted by atomic mass is 16.2. The number of amides is 1. The summed E-state index contributed by atoms with van der Waals surface area (Å²) < 4.78 is 1.37. The summed E-state index contributed by atoms with van der Waals surface area (Å²) in [5.74, 6) is 0.311. The fourth-order valence-electron chi connectivity index (χ4n) is 2.24. The van der Waals surface area contributed by atoms with Crippen LogP contribution in [0.4, 0.5) is 5.69 Å². The smallest absolute Gasteiger partial charge is 0.254 e. The maximum atomic E-state index is 12.1. The Labute approximate surface area is 123 Å². The zero-order valence-corrected chi connectivity index (χ0v) is 12.5. The van der Waals surface area contributed by atoms with Crippen LogP contribution in [0.3, 0.4) is 0 Å². The first-order chi connectivity index (χ1) is 10.0. The van der Waals surface area contributed by atoms with Crippen molar-refractivity contribution in [3.8, 4) is 0 Å². The van der Waals surface area contributed by atoms with Crippen LogP contribution in [0.25, 0.3) is 0 Å². The number of hydrogen-bond donors (Lipinski definition) is 1. The summed E-state index contributed by atoms with van der Waals surface area (Å²) in [5, 5.41) is 2.85. The Bertz CT molecular complexity index is 720. The van der Waals surface area contributed by atoms with Crippen LogP contribution in [-0.2, 0) is 17.8 Å². The number of nitrogens with zero attached hydrogens (tertiary/aromatic N) is 2. The highest BCUT2D eigenvalue weighted by molar-refractivity contribution is 5.91. The SMILES string of the molecule is CCc1ccccc1NC(=O)Cn1c(C)nc(C)cc1=O. The van der Waals surface area contributed by atoms with Crippen molar-refractivity contribution in [2.75, 3.05) is 5.32 Å². The van der Waals surface area contributed by atoms with Gasteiger partial charge in [-0.1, -0.05) is 25.1 Å². The van der Waals surface area contributed by atoms with Crippen LogP contribution < -0.4 is 10.9 Å². The largest absolute Gasteiger partial charge is 0.324 e. The normalized spacial score (nSPS) is 10.4. The number of benzene rings is 1. The number of hydrogen-bond acceptors (Lipinski definition) is 3. The average molecular weight is 285 g/mol. The zero-order chi connectivity index (χ0) is 15.4. The minimum atomic E-state index is -0.230. The van der Waals surface area contributed by atoms with Crippen molar-refractivity contribution in [3.05, 3.63) is 57.8 Å². The highest BCUT2D eigenvalue weighted by Crippen LogP contribution is 2.15. The summed E-state index contributed by atoms with van der Waals surface area (Å²) in [4.78, 5) is 28.3. The number of nitrogens with one attached hydrogen (secondary N) is 1. The third-order valence-corrected chi connectivity index (χ3v) is 3.30. The molecule has 5 heteroatoms. The second-order valence-electron chi connectivity index (χ2n) is 4.93. The van der Waals surface area contributed by atoms with Crippen molar-refractivity contribution < 1.29 is 4.79 Å². The van der Waals surface area contributed by atoms with Crippen molar-refractivity contribution in [3.63, 3.8) is 0 Å². The molecule has 0 saturated carbocycles. The lowest BCUT2D eigenvalue weighted by atomic mass is 10.1. The second-order valence-corrected chi connectivity index (χ2v) is 4.93. The van der Waals surface area contributed by atoms with Crippen molar-refractivity contribution in [2.45, 2.75) is 33.7 Å². The number of aromatic nitrogens is 2. The second kappa shape index (κ2) is 6.35. The van der Waals surface area contributed by atoms with Gasteiger partial charge in [-0.15, -0.1) is 0 Å². The first kappa shape index (κ1) is 15.0. The predicted molar refractivity (Wildman–Crippen MR) is 82.4 cm³/mol. The maximum Gasteiger partial charge on any atom is 0.254 e. The van der Waals surface area contributed by atoms with Gasteiger partial charge in [-0.25, -0.2) is 4.98 Å². The van der Waals surface area contributed by atoms with E-state index < -0.39 is 0 Å². The molecule has 1 amide bonds. The molecule has 2 rings (SSSR count). The van der Waals surface area contributed by atoms with Crippen LogP contribution in [0.2, 0.25) is 0 Å². The lowest BCUT2D eigenvalue weighted by Crippen LogP contribution is -2.30. The monoisotopic (exact) mass is 285 g/mol. The third-order valence-electron chi connectivity index (χ3n) is 3.30. The van der Waals surface area contributed by atoms with E-state index >= 15 is 0 Å². The quantitative estimate of drug-likeness (QED) is 0.935. The molecule has 0 fully saturated rings. The molecular weight excluding hydrogens is 266 g/mol. The van der Waals surface area contributed by atoms with Crippen LogP contribution in [0.1, 0.15) is 24.0 Å². The highest BCUT2D eigenvalue weighted by Gasteiger charge is 2.10. The zero-order valence-electron chi connectivity index (χ0n) is 12.5. The molecule has 21 heavy (non-hydrogen) atoms. The van der Waals surface area contributed by atoms with Gasteiger partial charge in [0.1, 0.15) is 12.4 Å². The molecule has 1 N–H and O–H groups in total. The molecule has 0 aliphatic rings. The van der Waals surface area contributed by atoms with Gasteiger partial charge in [0, 0.05) is 17.4 Å². The van der Waals surface area contributed by atoms with Gasteiger partial charge in [0.15, 0.2) is 0 Å². The Morgan fingerprint density at radius 3 is 2.67 bits per heavy atom. The van der Waals surface area contributed by atoms with Crippen LogP contribution >= 0.6 is 0 Å². The number of carbonyl (C=O) groups is 1. The molecule has 1 aromatic heterocycles. The summed E-state index contributed by atoms with van der Waals surface area (Å²) in [6.07, 6.45) is 0.835. The molecule has 2 aromatic rings. The van der Waals surface area contributed by atoms with E-state index in [9.17, 15) is 9.59 Å². The molecule has 110 valence electrons. The molecule has 0 saturated heterocycles. The van der Waals surface area contributed by atoms with Gasteiger partial charge in [-0.05, 0) is 31.9 Å². The molecule has 0 radical (unpaired) electrons. The molecule has 1 aromatic carbocycles. The summed E-state index contributed by atoms with van der Waals surface area (Å²) in [7, 11) is 0.